The summed E-state index contributed by atoms with van der Waals surface area (Å²) in [6.07, 6.45) is 0.939. The van der Waals surface area contributed by atoms with E-state index < -0.39 is 23.2 Å². The molecule has 6 nitrogen and oxygen atoms in total. The molecule has 0 saturated heterocycles. The molecule has 1 N–H and O–H groups in total. The van der Waals surface area contributed by atoms with Crippen molar-refractivity contribution < 1.29 is 19.1 Å². The third kappa shape index (κ3) is 4.94. The molecule has 1 atom stereocenters. The Hall–Kier alpha value is -3.12. The molecule has 2 aromatic carbocycles. The summed E-state index contributed by atoms with van der Waals surface area (Å²) in [6, 6.07) is 15.8. The van der Waals surface area contributed by atoms with Crippen LogP contribution in [0.1, 0.15) is 22.0 Å². The van der Waals surface area contributed by atoms with Gasteiger partial charge >= 0.3 is 11.9 Å². The van der Waals surface area contributed by atoms with Crippen LogP contribution in [0.4, 0.5) is 5.69 Å². The van der Waals surface area contributed by atoms with Crippen LogP contribution >= 0.6 is 11.6 Å². The Kier molecular flexibility index (Phi) is 6.93. The van der Waals surface area contributed by atoms with Crippen LogP contribution in [-0.2, 0) is 14.3 Å². The molecule has 2 rings (SSSR count). The first-order valence-electron chi connectivity index (χ1n) is 7.61. The normalized spacial score (nSPS) is 12.0. The number of rotatable bonds is 7. The first-order valence-corrected chi connectivity index (χ1v) is 7.99. The zero-order valence-corrected chi connectivity index (χ0v) is 14.8. The summed E-state index contributed by atoms with van der Waals surface area (Å²) in [7, 11) is 1.19. The number of ether oxygens (including phenoxy) is 2. The van der Waals surface area contributed by atoms with Gasteiger partial charge in [0.15, 0.2) is 0 Å². The van der Waals surface area contributed by atoms with Gasteiger partial charge < -0.3 is 9.47 Å². The molecule has 7 heteroatoms. The number of nitrogens with zero attached hydrogens (tertiary/aromatic N) is 1. The lowest BCUT2D eigenvalue weighted by molar-refractivity contribution is -0.132. The highest BCUT2D eigenvalue weighted by atomic mass is 35.5. The quantitative estimate of drug-likeness (QED) is 0.345. The first kappa shape index (κ1) is 19.2. The predicted octanol–water partition coefficient (Wildman–Crippen LogP) is 3.91. The second kappa shape index (κ2) is 9.39. The smallest absolute Gasteiger partial charge is 0.370 e. The molecule has 0 amide bonds. The van der Waals surface area contributed by atoms with E-state index in [0.29, 0.717) is 5.69 Å². The van der Waals surface area contributed by atoms with Gasteiger partial charge in [0.05, 0.1) is 18.4 Å². The SMILES string of the molecule is C=CC(OC(=O)c1ccccc1N/N=C(/Cl)C(=O)OC)c1ccccc1. The molecule has 0 aromatic heterocycles. The summed E-state index contributed by atoms with van der Waals surface area (Å²) in [4.78, 5) is 23.8. The van der Waals surface area contributed by atoms with Crippen molar-refractivity contribution in [1.29, 1.82) is 0 Å². The number of hydrazone groups is 1. The lowest BCUT2D eigenvalue weighted by Crippen LogP contribution is -2.14. The molecule has 0 aliphatic heterocycles. The molecule has 0 bridgehead atoms. The van der Waals surface area contributed by atoms with Crippen LogP contribution in [0.15, 0.2) is 72.4 Å². The molecule has 26 heavy (non-hydrogen) atoms. The Labute approximate surface area is 156 Å². The van der Waals surface area contributed by atoms with Crippen LogP contribution in [0.5, 0.6) is 0 Å². The predicted molar refractivity (Wildman–Crippen MR) is 100 cm³/mol. The Morgan fingerprint density at radius 3 is 2.46 bits per heavy atom. The van der Waals surface area contributed by atoms with Gasteiger partial charge in [0.2, 0.25) is 5.17 Å². The van der Waals surface area contributed by atoms with Gasteiger partial charge in [-0.15, -0.1) is 0 Å². The molecule has 2 aromatic rings. The van der Waals surface area contributed by atoms with Gasteiger partial charge in [-0.2, -0.15) is 5.10 Å². The van der Waals surface area contributed by atoms with E-state index in [0.717, 1.165) is 5.56 Å². The summed E-state index contributed by atoms with van der Waals surface area (Å²) in [5.41, 5.74) is 3.93. The van der Waals surface area contributed by atoms with Gasteiger partial charge in [0.1, 0.15) is 6.10 Å². The zero-order valence-electron chi connectivity index (χ0n) is 14.0. The molecule has 0 radical (unpaired) electrons. The van der Waals surface area contributed by atoms with E-state index in [2.05, 4.69) is 21.8 Å². The van der Waals surface area contributed by atoms with Crippen LogP contribution in [-0.4, -0.2) is 24.2 Å². The highest BCUT2D eigenvalue weighted by Gasteiger charge is 2.18. The highest BCUT2D eigenvalue weighted by molar-refractivity contribution is 6.82. The van der Waals surface area contributed by atoms with Crippen molar-refractivity contribution in [1.82, 2.24) is 0 Å². The van der Waals surface area contributed by atoms with E-state index in [1.54, 1.807) is 24.3 Å². The number of methoxy groups -OCH3 is 1. The lowest BCUT2D eigenvalue weighted by atomic mass is 10.1. The van der Waals surface area contributed by atoms with Crippen LogP contribution in [0.25, 0.3) is 0 Å². The Morgan fingerprint density at radius 2 is 1.81 bits per heavy atom. The monoisotopic (exact) mass is 372 g/mol. The summed E-state index contributed by atoms with van der Waals surface area (Å²) < 4.78 is 9.97. The number of esters is 2. The van der Waals surface area contributed by atoms with Gasteiger partial charge in [-0.25, -0.2) is 9.59 Å². The van der Waals surface area contributed by atoms with Crippen molar-refractivity contribution >= 4 is 34.4 Å². The molecule has 0 spiro atoms. The highest BCUT2D eigenvalue weighted by Crippen LogP contribution is 2.23. The number of hydrogen-bond donors (Lipinski definition) is 1. The minimum absolute atomic E-state index is 0.230. The minimum atomic E-state index is -0.796. The fraction of sp³-hybridized carbons (Fsp3) is 0.105. The molecule has 0 heterocycles. The van der Waals surface area contributed by atoms with Gasteiger partial charge in [-0.3, -0.25) is 5.43 Å². The third-order valence-electron chi connectivity index (χ3n) is 3.35. The van der Waals surface area contributed by atoms with E-state index in [4.69, 9.17) is 16.3 Å². The number of hydrogen-bond acceptors (Lipinski definition) is 6. The van der Waals surface area contributed by atoms with Gasteiger partial charge in [0.25, 0.3) is 0 Å². The second-order valence-electron chi connectivity index (χ2n) is 5.02. The van der Waals surface area contributed by atoms with Gasteiger partial charge in [-0.1, -0.05) is 60.6 Å². The van der Waals surface area contributed by atoms with E-state index in [-0.39, 0.29) is 5.56 Å². The molecule has 0 saturated carbocycles. The maximum atomic E-state index is 12.6. The Morgan fingerprint density at radius 1 is 1.15 bits per heavy atom. The maximum absolute atomic E-state index is 12.6. The van der Waals surface area contributed by atoms with Crippen molar-refractivity contribution in [2.24, 2.45) is 5.10 Å². The average molecular weight is 373 g/mol. The van der Waals surface area contributed by atoms with Crippen molar-refractivity contribution in [2.45, 2.75) is 6.10 Å². The van der Waals surface area contributed by atoms with Gasteiger partial charge in [-0.05, 0) is 23.8 Å². The van der Waals surface area contributed by atoms with Crippen molar-refractivity contribution in [3.63, 3.8) is 0 Å². The molecule has 134 valence electrons. The van der Waals surface area contributed by atoms with Gasteiger partial charge in [0, 0.05) is 0 Å². The largest absolute Gasteiger partial charge is 0.464 e. The summed E-state index contributed by atoms with van der Waals surface area (Å²) in [5.74, 6) is -1.37. The van der Waals surface area contributed by atoms with E-state index in [1.165, 1.54) is 13.2 Å². The maximum Gasteiger partial charge on any atom is 0.370 e. The molecular weight excluding hydrogens is 356 g/mol. The van der Waals surface area contributed by atoms with E-state index >= 15 is 0 Å². The van der Waals surface area contributed by atoms with Crippen molar-refractivity contribution in [3.05, 3.63) is 78.4 Å². The Balaban J connectivity index is 2.19. The molecular formula is C19H17ClN2O4. The fourth-order valence-electron chi connectivity index (χ4n) is 2.07. The van der Waals surface area contributed by atoms with Crippen LogP contribution in [0, 0.1) is 0 Å². The first-order chi connectivity index (χ1) is 12.6. The summed E-state index contributed by atoms with van der Waals surface area (Å²) in [6.45, 7) is 3.71. The van der Waals surface area contributed by atoms with Crippen molar-refractivity contribution in [2.75, 3.05) is 12.5 Å². The summed E-state index contributed by atoms with van der Waals surface area (Å²) in [5, 5.41) is 3.30. The number of carbonyl (C=O) groups is 2. The number of carbonyl (C=O) groups excluding carboxylic acids is 2. The van der Waals surface area contributed by atoms with Crippen LogP contribution in [0.2, 0.25) is 0 Å². The molecule has 0 fully saturated rings. The Bertz CT molecular complexity index is 821. The average Bonchev–Trinajstić information content (AvgIpc) is 2.70. The zero-order chi connectivity index (χ0) is 18.9. The number of anilines is 1. The minimum Gasteiger partial charge on any atom is -0.464 e. The van der Waals surface area contributed by atoms with E-state index in [9.17, 15) is 9.59 Å². The third-order valence-corrected chi connectivity index (χ3v) is 3.59. The summed E-state index contributed by atoms with van der Waals surface area (Å²) >= 11 is 5.68. The van der Waals surface area contributed by atoms with Crippen molar-refractivity contribution in [3.8, 4) is 0 Å². The topological polar surface area (TPSA) is 77.0 Å². The molecule has 0 aliphatic rings. The standard InChI is InChI=1S/C19H17ClN2O4/c1-3-16(13-9-5-4-6-10-13)26-18(23)14-11-7-8-12-15(14)21-22-17(20)19(24)25-2/h3-12,16,21H,1H2,2H3/b22-17+. The molecule has 1 unspecified atom stereocenters. The lowest BCUT2D eigenvalue weighted by Gasteiger charge is -2.15. The van der Waals surface area contributed by atoms with Crippen LogP contribution < -0.4 is 5.43 Å². The number of nitrogens with one attached hydrogen (secondary N) is 1. The number of benzene rings is 2. The number of para-hydroxylation sites is 1. The number of halogens is 1. The van der Waals surface area contributed by atoms with E-state index in [1.807, 2.05) is 30.3 Å². The molecule has 0 aliphatic carbocycles. The van der Waals surface area contributed by atoms with Crippen LogP contribution in [0.3, 0.4) is 0 Å². The fourth-order valence-corrected chi connectivity index (χ4v) is 2.19. The second-order valence-corrected chi connectivity index (χ2v) is 5.38.